The van der Waals surface area contributed by atoms with Crippen LogP contribution in [0.15, 0.2) is 61.2 Å². The van der Waals surface area contributed by atoms with E-state index in [0.29, 0.717) is 0 Å². The number of fused-ring (bicyclic) bond motifs is 3. The molecule has 0 spiro atoms. The summed E-state index contributed by atoms with van der Waals surface area (Å²) in [5, 5.41) is 0. The van der Waals surface area contributed by atoms with Gasteiger partial charge in [-0.25, -0.2) is 4.79 Å². The number of benzene rings is 2. The second-order valence-electron chi connectivity index (χ2n) is 10.7. The minimum Gasteiger partial charge on any atom is -0.460 e. The van der Waals surface area contributed by atoms with E-state index in [1.165, 1.54) is 11.1 Å². The van der Waals surface area contributed by atoms with Crippen molar-refractivity contribution in [2.75, 3.05) is 13.2 Å². The molecule has 2 aliphatic rings. The minimum atomic E-state index is -0.873. The SMILES string of the molecule is C=C[C@H](CC(=O)OC(C)(C)C)[C@H]1COC(C)(C)N1C(=O)OCC1c2ccccc2-c2ccccc21. The highest BCUT2D eigenvalue weighted by atomic mass is 16.6. The number of nitrogens with zero attached hydrogens (tertiary/aromatic N) is 1. The van der Waals surface area contributed by atoms with E-state index < -0.39 is 17.4 Å². The first-order valence-corrected chi connectivity index (χ1v) is 12.1. The molecule has 0 bridgehead atoms. The third-order valence-electron chi connectivity index (χ3n) is 6.67. The molecule has 186 valence electrons. The summed E-state index contributed by atoms with van der Waals surface area (Å²) < 4.78 is 17.4. The molecule has 0 saturated carbocycles. The molecule has 2 aromatic carbocycles. The maximum Gasteiger partial charge on any atom is 0.412 e. The monoisotopic (exact) mass is 477 g/mol. The summed E-state index contributed by atoms with van der Waals surface area (Å²) in [7, 11) is 0. The van der Waals surface area contributed by atoms with Gasteiger partial charge in [0.05, 0.1) is 19.1 Å². The van der Waals surface area contributed by atoms with Gasteiger partial charge >= 0.3 is 12.1 Å². The predicted molar refractivity (Wildman–Crippen MR) is 135 cm³/mol. The van der Waals surface area contributed by atoms with Gasteiger partial charge in [0.1, 0.15) is 17.9 Å². The molecule has 1 amide bonds. The van der Waals surface area contributed by atoms with Crippen molar-refractivity contribution in [2.24, 2.45) is 5.92 Å². The van der Waals surface area contributed by atoms with Crippen LogP contribution in [0.4, 0.5) is 4.79 Å². The Morgan fingerprint density at radius 3 is 2.23 bits per heavy atom. The molecule has 35 heavy (non-hydrogen) atoms. The molecule has 0 radical (unpaired) electrons. The number of esters is 1. The topological polar surface area (TPSA) is 65.1 Å². The van der Waals surface area contributed by atoms with E-state index in [-0.39, 0.29) is 43.5 Å². The van der Waals surface area contributed by atoms with Crippen LogP contribution in [0, 0.1) is 5.92 Å². The molecule has 0 unspecified atom stereocenters. The fourth-order valence-electron chi connectivity index (χ4n) is 5.12. The van der Waals surface area contributed by atoms with Crippen LogP contribution in [0.25, 0.3) is 11.1 Å². The third kappa shape index (κ3) is 5.13. The second-order valence-corrected chi connectivity index (χ2v) is 10.7. The Balaban J connectivity index is 1.50. The number of hydrogen-bond donors (Lipinski definition) is 0. The first-order chi connectivity index (χ1) is 16.5. The van der Waals surface area contributed by atoms with E-state index in [0.717, 1.165) is 11.1 Å². The van der Waals surface area contributed by atoms with Crippen LogP contribution in [0.5, 0.6) is 0 Å². The Bertz CT molecular complexity index is 1070. The second kappa shape index (κ2) is 9.50. The van der Waals surface area contributed by atoms with Gasteiger partial charge in [-0.15, -0.1) is 6.58 Å². The first kappa shape index (κ1) is 25.0. The molecule has 1 saturated heterocycles. The zero-order valence-electron chi connectivity index (χ0n) is 21.2. The van der Waals surface area contributed by atoms with E-state index in [1.54, 1.807) is 11.0 Å². The van der Waals surface area contributed by atoms with Gasteiger partial charge in [0.15, 0.2) is 0 Å². The predicted octanol–water partition coefficient (Wildman–Crippen LogP) is 5.91. The van der Waals surface area contributed by atoms with Gasteiger partial charge in [0, 0.05) is 11.8 Å². The molecule has 0 N–H and O–H groups in total. The van der Waals surface area contributed by atoms with Crippen molar-refractivity contribution in [3.05, 3.63) is 72.3 Å². The quantitative estimate of drug-likeness (QED) is 0.382. The summed E-state index contributed by atoms with van der Waals surface area (Å²) in [6.07, 6.45) is 1.34. The number of carbonyl (C=O) groups is 2. The Morgan fingerprint density at radius 1 is 1.11 bits per heavy atom. The molecule has 2 aromatic rings. The van der Waals surface area contributed by atoms with Gasteiger partial charge in [0.25, 0.3) is 0 Å². The molecule has 2 atom stereocenters. The van der Waals surface area contributed by atoms with Crippen LogP contribution in [0.1, 0.15) is 58.1 Å². The van der Waals surface area contributed by atoms with Crippen LogP contribution in [0.2, 0.25) is 0 Å². The Labute approximate surface area is 207 Å². The van der Waals surface area contributed by atoms with Crippen LogP contribution in [0.3, 0.4) is 0 Å². The summed E-state index contributed by atoms with van der Waals surface area (Å²) in [5.74, 6) is -0.694. The van der Waals surface area contributed by atoms with Crippen molar-refractivity contribution >= 4 is 12.1 Å². The van der Waals surface area contributed by atoms with E-state index >= 15 is 0 Å². The lowest BCUT2D eigenvalue weighted by Crippen LogP contribution is -2.50. The highest BCUT2D eigenvalue weighted by Gasteiger charge is 2.48. The van der Waals surface area contributed by atoms with Crippen molar-refractivity contribution in [1.82, 2.24) is 4.90 Å². The molecule has 4 rings (SSSR count). The lowest BCUT2D eigenvalue weighted by atomic mass is 9.95. The zero-order chi connectivity index (χ0) is 25.4. The lowest BCUT2D eigenvalue weighted by Gasteiger charge is -2.35. The number of hydrogen-bond acceptors (Lipinski definition) is 5. The van der Waals surface area contributed by atoms with Crippen molar-refractivity contribution in [2.45, 2.75) is 64.3 Å². The summed E-state index contributed by atoms with van der Waals surface area (Å²) in [5.41, 5.74) is 3.21. The summed E-state index contributed by atoms with van der Waals surface area (Å²) in [6.45, 7) is 13.6. The third-order valence-corrected chi connectivity index (χ3v) is 6.67. The smallest absolute Gasteiger partial charge is 0.412 e. The van der Waals surface area contributed by atoms with Gasteiger partial charge < -0.3 is 14.2 Å². The average molecular weight is 478 g/mol. The maximum atomic E-state index is 13.5. The first-order valence-electron chi connectivity index (χ1n) is 12.1. The molecule has 1 aliphatic carbocycles. The Hall–Kier alpha value is -3.12. The van der Waals surface area contributed by atoms with Crippen molar-refractivity contribution in [3.8, 4) is 11.1 Å². The average Bonchev–Trinajstić information content (AvgIpc) is 3.28. The van der Waals surface area contributed by atoms with Crippen LogP contribution in [-0.4, -0.2) is 47.5 Å². The number of amides is 1. The van der Waals surface area contributed by atoms with E-state index in [4.69, 9.17) is 14.2 Å². The van der Waals surface area contributed by atoms with E-state index in [1.807, 2.05) is 58.9 Å². The largest absolute Gasteiger partial charge is 0.460 e. The summed E-state index contributed by atoms with van der Waals surface area (Å²) in [4.78, 5) is 27.6. The van der Waals surface area contributed by atoms with E-state index in [9.17, 15) is 9.59 Å². The van der Waals surface area contributed by atoms with Gasteiger partial charge in [-0.05, 0) is 56.9 Å². The van der Waals surface area contributed by atoms with Crippen LogP contribution >= 0.6 is 0 Å². The van der Waals surface area contributed by atoms with Gasteiger partial charge in [-0.1, -0.05) is 54.6 Å². The lowest BCUT2D eigenvalue weighted by molar-refractivity contribution is -0.156. The molecule has 1 heterocycles. The molecular formula is C29H35NO5. The highest BCUT2D eigenvalue weighted by Crippen LogP contribution is 2.45. The van der Waals surface area contributed by atoms with Crippen molar-refractivity contribution in [3.63, 3.8) is 0 Å². The van der Waals surface area contributed by atoms with Crippen LogP contribution in [-0.2, 0) is 19.0 Å². The number of ether oxygens (including phenoxy) is 3. The minimum absolute atomic E-state index is 0.0339. The fourth-order valence-corrected chi connectivity index (χ4v) is 5.12. The summed E-state index contributed by atoms with van der Waals surface area (Å²) in [6, 6.07) is 16.1. The fraction of sp³-hybridized carbons (Fsp3) is 0.448. The molecule has 1 fully saturated rings. The zero-order valence-corrected chi connectivity index (χ0v) is 21.2. The van der Waals surface area contributed by atoms with Gasteiger partial charge in [0.2, 0.25) is 0 Å². The Kier molecular flexibility index (Phi) is 6.78. The molecule has 6 nitrogen and oxygen atoms in total. The summed E-state index contributed by atoms with van der Waals surface area (Å²) >= 11 is 0. The normalized spacial score (nSPS) is 19.6. The molecule has 1 aliphatic heterocycles. The van der Waals surface area contributed by atoms with E-state index in [2.05, 4.69) is 30.8 Å². The molecular weight excluding hydrogens is 442 g/mol. The Morgan fingerprint density at radius 2 is 1.69 bits per heavy atom. The highest BCUT2D eigenvalue weighted by molar-refractivity contribution is 5.79. The van der Waals surface area contributed by atoms with Crippen molar-refractivity contribution < 1.29 is 23.8 Å². The van der Waals surface area contributed by atoms with Crippen LogP contribution < -0.4 is 0 Å². The van der Waals surface area contributed by atoms with Gasteiger partial charge in [-0.2, -0.15) is 0 Å². The number of carbonyl (C=O) groups excluding carboxylic acids is 2. The molecule has 0 aromatic heterocycles. The van der Waals surface area contributed by atoms with Crippen molar-refractivity contribution in [1.29, 1.82) is 0 Å². The standard InChI is InChI=1S/C29H35NO5/c1-7-19(16-26(31)35-28(2,3)4)25-18-34-29(5,6)30(25)27(32)33-17-24-22-14-10-8-12-20(22)21-13-9-11-15-23(21)24/h7-15,19,24-25H,1,16-18H2,2-6H3/t19-,25-/m1/s1. The molecule has 6 heteroatoms. The maximum absolute atomic E-state index is 13.5. The van der Waals surface area contributed by atoms with Gasteiger partial charge in [-0.3, -0.25) is 9.69 Å². The number of rotatable bonds is 6.